The minimum absolute atomic E-state index is 1.02. The van der Waals surface area contributed by atoms with Gasteiger partial charge >= 0.3 is 0 Å². The Morgan fingerprint density at radius 2 is 0.812 bits per heavy atom. The molecule has 12 rings (SSSR count). The summed E-state index contributed by atoms with van der Waals surface area (Å²) in [6, 6.07) is 90.7. The number of nitrogens with one attached hydrogen (secondary N) is 1. The fraction of sp³-hybridized carbons (Fsp3) is 0. The lowest BCUT2D eigenvalue weighted by Gasteiger charge is -2.25. The van der Waals surface area contributed by atoms with Gasteiger partial charge in [-0.25, -0.2) is 0 Å². The highest BCUT2D eigenvalue weighted by atomic mass is 15.0. The zero-order valence-corrected chi connectivity index (χ0v) is 35.1. The average molecular weight is 815 g/mol. The van der Waals surface area contributed by atoms with E-state index in [-0.39, 0.29) is 0 Å². The molecule has 64 heavy (non-hydrogen) atoms. The summed E-state index contributed by atoms with van der Waals surface area (Å²) in [4.78, 5) is 0. The number of hydrogen-bond acceptors (Lipinski definition) is 1. The Morgan fingerprint density at radius 1 is 0.281 bits per heavy atom. The molecule has 0 unspecified atom stereocenters. The third-order valence-electron chi connectivity index (χ3n) is 12.7. The second-order valence-electron chi connectivity index (χ2n) is 16.5. The quantitative estimate of drug-likeness (QED) is 0.151. The van der Waals surface area contributed by atoms with E-state index in [0.29, 0.717) is 0 Å². The van der Waals surface area contributed by atoms with E-state index < -0.39 is 0 Å². The Bertz CT molecular complexity index is 3660. The van der Waals surface area contributed by atoms with Crippen molar-refractivity contribution in [3.05, 3.63) is 249 Å². The molecule has 300 valence electrons. The van der Waals surface area contributed by atoms with Crippen LogP contribution in [0.5, 0.6) is 0 Å². The first-order valence-corrected chi connectivity index (χ1v) is 22.0. The molecular weight excluding hydrogens is 773 g/mol. The summed E-state index contributed by atoms with van der Waals surface area (Å²) in [5, 5.41) is 11.1. The van der Waals surface area contributed by atoms with Crippen molar-refractivity contribution in [1.29, 1.82) is 0 Å². The molecule has 12 aromatic rings. The van der Waals surface area contributed by atoms with Crippen molar-refractivity contribution in [3.8, 4) is 61.3 Å². The van der Waals surface area contributed by atoms with Crippen molar-refractivity contribution in [2.75, 3.05) is 5.32 Å². The molecule has 0 aliphatic rings. The van der Waals surface area contributed by atoms with E-state index in [1.54, 1.807) is 0 Å². The first-order chi connectivity index (χ1) is 31.8. The van der Waals surface area contributed by atoms with Gasteiger partial charge < -0.3 is 9.88 Å². The van der Waals surface area contributed by atoms with Gasteiger partial charge in [-0.3, -0.25) is 0 Å². The number of aromatic nitrogens is 1. The van der Waals surface area contributed by atoms with Gasteiger partial charge in [0.15, 0.2) is 0 Å². The molecule has 11 aromatic carbocycles. The van der Waals surface area contributed by atoms with Gasteiger partial charge in [0.05, 0.1) is 11.0 Å². The lowest BCUT2D eigenvalue weighted by Crippen LogP contribution is -2.01. The summed E-state index contributed by atoms with van der Waals surface area (Å²) in [7, 11) is 0. The van der Waals surface area contributed by atoms with E-state index in [1.807, 2.05) is 0 Å². The fourth-order valence-electron chi connectivity index (χ4n) is 9.91. The molecule has 0 saturated carbocycles. The minimum Gasteiger partial charge on any atom is -0.355 e. The molecule has 2 heteroatoms. The lowest BCUT2D eigenvalue weighted by molar-refractivity contribution is 1.18. The third kappa shape index (κ3) is 6.44. The van der Waals surface area contributed by atoms with Crippen LogP contribution in [-0.2, 0) is 0 Å². The Kier molecular flexibility index (Phi) is 9.20. The van der Waals surface area contributed by atoms with E-state index in [9.17, 15) is 0 Å². The van der Waals surface area contributed by atoms with Gasteiger partial charge in [-0.2, -0.15) is 0 Å². The van der Waals surface area contributed by atoms with Crippen molar-refractivity contribution >= 4 is 54.7 Å². The standard InChI is InChI=1S/C62H42N2/c1-5-21-42(22-6-1)50-31-15-17-33-52(50)56-39-46-37-44-25-13-14-26-45(44)38-55(46)60(54-35-18-16-32-51(54)43-23-7-2-8-24-43)61(56)58-41-48(63-47-27-9-3-10-28-47)40-57-53-34-19-20-36-59(53)64(62(57)58)49-29-11-4-12-30-49/h1-41,63H. The second kappa shape index (κ2) is 15.8. The van der Waals surface area contributed by atoms with Crippen molar-refractivity contribution in [2.24, 2.45) is 0 Å². The highest BCUT2D eigenvalue weighted by Gasteiger charge is 2.27. The summed E-state index contributed by atoms with van der Waals surface area (Å²) in [5.74, 6) is 0. The highest BCUT2D eigenvalue weighted by molar-refractivity contribution is 6.22. The summed E-state index contributed by atoms with van der Waals surface area (Å²) in [6.07, 6.45) is 0. The summed E-state index contributed by atoms with van der Waals surface area (Å²) >= 11 is 0. The molecule has 2 nitrogen and oxygen atoms in total. The largest absolute Gasteiger partial charge is 0.355 e. The summed E-state index contributed by atoms with van der Waals surface area (Å²) in [5.41, 5.74) is 17.3. The van der Waals surface area contributed by atoms with Crippen molar-refractivity contribution < 1.29 is 0 Å². The molecule has 1 N–H and O–H groups in total. The van der Waals surface area contributed by atoms with Gasteiger partial charge in [0.25, 0.3) is 0 Å². The number of hydrogen-bond donors (Lipinski definition) is 1. The molecule has 0 radical (unpaired) electrons. The molecule has 0 fully saturated rings. The molecule has 0 amide bonds. The van der Waals surface area contributed by atoms with Gasteiger partial charge in [0.2, 0.25) is 0 Å². The number of benzene rings is 11. The first-order valence-electron chi connectivity index (χ1n) is 22.0. The SMILES string of the molecule is c1ccc(Nc2cc(-c3c(-c4ccccc4-c4ccccc4)cc4cc5ccccc5cc4c3-c3ccccc3-c3ccccc3)c3c(c2)c2ccccc2n3-c2ccccc2)cc1. The van der Waals surface area contributed by atoms with E-state index in [4.69, 9.17) is 0 Å². The van der Waals surface area contributed by atoms with Gasteiger partial charge in [-0.1, -0.05) is 188 Å². The smallest absolute Gasteiger partial charge is 0.0621 e. The van der Waals surface area contributed by atoms with Gasteiger partial charge in [-0.05, 0) is 127 Å². The van der Waals surface area contributed by atoms with Crippen LogP contribution in [-0.4, -0.2) is 4.57 Å². The maximum Gasteiger partial charge on any atom is 0.0621 e. The van der Waals surface area contributed by atoms with Crippen LogP contribution < -0.4 is 5.32 Å². The predicted molar refractivity (Wildman–Crippen MR) is 273 cm³/mol. The Balaban J connectivity index is 1.33. The van der Waals surface area contributed by atoms with E-state index >= 15 is 0 Å². The zero-order chi connectivity index (χ0) is 42.4. The second-order valence-corrected chi connectivity index (χ2v) is 16.5. The van der Waals surface area contributed by atoms with E-state index in [0.717, 1.165) is 33.7 Å². The maximum absolute atomic E-state index is 3.86. The summed E-state index contributed by atoms with van der Waals surface area (Å²) < 4.78 is 2.48. The normalized spacial score (nSPS) is 11.4. The van der Waals surface area contributed by atoms with Crippen LogP contribution in [0.3, 0.4) is 0 Å². The molecule has 0 bridgehead atoms. The number of para-hydroxylation sites is 3. The highest BCUT2D eigenvalue weighted by Crippen LogP contribution is 2.52. The lowest BCUT2D eigenvalue weighted by atomic mass is 9.79. The summed E-state index contributed by atoms with van der Waals surface area (Å²) in [6.45, 7) is 0. The van der Waals surface area contributed by atoms with Gasteiger partial charge in [-0.15, -0.1) is 0 Å². The number of nitrogens with zero attached hydrogens (tertiary/aromatic N) is 1. The fourth-order valence-corrected chi connectivity index (χ4v) is 9.91. The first kappa shape index (κ1) is 37.3. The number of rotatable bonds is 8. The van der Waals surface area contributed by atoms with Crippen LogP contribution in [0, 0.1) is 0 Å². The molecule has 0 atom stereocenters. The molecule has 0 saturated heterocycles. The molecular formula is C62H42N2. The van der Waals surface area contributed by atoms with Crippen LogP contribution in [0.15, 0.2) is 249 Å². The Morgan fingerprint density at radius 3 is 1.50 bits per heavy atom. The minimum atomic E-state index is 1.02. The van der Waals surface area contributed by atoms with Gasteiger partial charge in [0.1, 0.15) is 0 Å². The number of fused-ring (bicyclic) bond motifs is 5. The van der Waals surface area contributed by atoms with Crippen LogP contribution in [0.25, 0.3) is 105 Å². The number of anilines is 2. The van der Waals surface area contributed by atoms with Gasteiger partial charge in [0, 0.05) is 39.0 Å². The van der Waals surface area contributed by atoms with Crippen LogP contribution >= 0.6 is 0 Å². The van der Waals surface area contributed by atoms with Crippen LogP contribution in [0.1, 0.15) is 0 Å². The van der Waals surface area contributed by atoms with E-state index in [2.05, 4.69) is 259 Å². The third-order valence-corrected chi connectivity index (χ3v) is 12.7. The maximum atomic E-state index is 3.86. The van der Waals surface area contributed by atoms with Crippen molar-refractivity contribution in [2.45, 2.75) is 0 Å². The average Bonchev–Trinajstić information content (AvgIpc) is 3.70. The van der Waals surface area contributed by atoms with Crippen LogP contribution in [0.2, 0.25) is 0 Å². The zero-order valence-electron chi connectivity index (χ0n) is 35.1. The monoisotopic (exact) mass is 814 g/mol. The molecule has 1 heterocycles. The van der Waals surface area contributed by atoms with Crippen molar-refractivity contribution in [3.63, 3.8) is 0 Å². The van der Waals surface area contributed by atoms with Crippen molar-refractivity contribution in [1.82, 2.24) is 4.57 Å². The Labute approximate surface area is 373 Å². The molecule has 0 spiro atoms. The topological polar surface area (TPSA) is 17.0 Å². The Hall–Kier alpha value is -8.46. The van der Waals surface area contributed by atoms with E-state index in [1.165, 1.54) is 82.4 Å². The predicted octanol–water partition coefficient (Wildman–Crippen LogP) is 17.2. The molecule has 0 aliphatic carbocycles. The molecule has 0 aliphatic heterocycles. The molecule has 1 aromatic heterocycles. The van der Waals surface area contributed by atoms with Crippen LogP contribution in [0.4, 0.5) is 11.4 Å².